The number of aromatic nitrogens is 1. The minimum atomic E-state index is 0.330. The maximum absolute atomic E-state index is 6.10. The summed E-state index contributed by atoms with van der Waals surface area (Å²) >= 11 is 15.4. The van der Waals surface area contributed by atoms with Gasteiger partial charge in [-0.25, -0.2) is 4.98 Å². The molecule has 0 bridgehead atoms. The number of hydrogen-bond donors (Lipinski definition) is 1. The van der Waals surface area contributed by atoms with Gasteiger partial charge in [0.05, 0.1) is 15.7 Å². The van der Waals surface area contributed by atoms with E-state index in [2.05, 4.69) is 26.2 Å². The van der Waals surface area contributed by atoms with E-state index in [4.69, 9.17) is 27.9 Å². The molecule has 1 aromatic heterocycles. The second-order valence-corrected chi connectivity index (χ2v) is 5.70. The zero-order chi connectivity index (χ0) is 14.5. The standard InChI is InChI=1S/C14H13BrCl2N2O/c1-2-18-14-5-3-4-9(19-14)8-20-13-7-11(16)10(15)6-12(13)17/h3-7H,2,8H2,1H3,(H,18,19). The molecule has 0 radical (unpaired) electrons. The van der Waals surface area contributed by atoms with E-state index in [1.807, 2.05) is 25.1 Å². The fourth-order valence-electron chi connectivity index (χ4n) is 1.61. The van der Waals surface area contributed by atoms with Gasteiger partial charge in [-0.15, -0.1) is 0 Å². The highest BCUT2D eigenvalue weighted by Gasteiger charge is 2.07. The number of pyridine rings is 1. The van der Waals surface area contributed by atoms with Gasteiger partial charge in [0.1, 0.15) is 18.2 Å². The predicted octanol–water partition coefficient (Wildman–Crippen LogP) is 5.16. The van der Waals surface area contributed by atoms with Gasteiger partial charge < -0.3 is 10.1 Å². The molecule has 3 nitrogen and oxygen atoms in total. The highest BCUT2D eigenvalue weighted by Crippen LogP contribution is 2.34. The molecule has 0 aliphatic heterocycles. The number of nitrogens with zero attached hydrogens (tertiary/aromatic N) is 1. The first-order valence-electron chi connectivity index (χ1n) is 6.07. The Balaban J connectivity index is 2.08. The molecule has 2 rings (SSSR count). The van der Waals surface area contributed by atoms with Crippen LogP contribution in [-0.2, 0) is 6.61 Å². The van der Waals surface area contributed by atoms with Crippen molar-refractivity contribution < 1.29 is 4.74 Å². The van der Waals surface area contributed by atoms with Crippen LogP contribution >= 0.6 is 39.1 Å². The Hall–Kier alpha value is -0.970. The second-order valence-electron chi connectivity index (χ2n) is 4.03. The van der Waals surface area contributed by atoms with Gasteiger partial charge >= 0.3 is 0 Å². The van der Waals surface area contributed by atoms with Crippen molar-refractivity contribution >= 4 is 44.9 Å². The molecule has 0 aliphatic rings. The quantitative estimate of drug-likeness (QED) is 0.732. The summed E-state index contributed by atoms with van der Waals surface area (Å²) in [5, 5.41) is 4.21. The van der Waals surface area contributed by atoms with Crippen LogP contribution in [0.4, 0.5) is 5.82 Å². The first-order valence-corrected chi connectivity index (χ1v) is 7.62. The summed E-state index contributed by atoms with van der Waals surface area (Å²) in [6.45, 7) is 3.18. The second kappa shape index (κ2) is 7.16. The van der Waals surface area contributed by atoms with Crippen molar-refractivity contribution in [2.75, 3.05) is 11.9 Å². The van der Waals surface area contributed by atoms with Gasteiger partial charge in [0.15, 0.2) is 0 Å². The minimum absolute atomic E-state index is 0.330. The van der Waals surface area contributed by atoms with E-state index in [0.29, 0.717) is 22.4 Å². The lowest BCUT2D eigenvalue weighted by atomic mass is 10.3. The number of halogens is 3. The van der Waals surface area contributed by atoms with E-state index in [0.717, 1.165) is 22.5 Å². The molecular weight excluding hydrogens is 363 g/mol. The summed E-state index contributed by atoms with van der Waals surface area (Å²) in [7, 11) is 0. The van der Waals surface area contributed by atoms with Gasteiger partial charge in [0, 0.05) is 17.1 Å². The van der Waals surface area contributed by atoms with Crippen LogP contribution in [-0.4, -0.2) is 11.5 Å². The Morgan fingerprint density at radius 1 is 1.25 bits per heavy atom. The van der Waals surface area contributed by atoms with Crippen molar-refractivity contribution in [2.24, 2.45) is 0 Å². The van der Waals surface area contributed by atoms with Gasteiger partial charge in [-0.05, 0) is 41.1 Å². The monoisotopic (exact) mass is 374 g/mol. The van der Waals surface area contributed by atoms with Crippen molar-refractivity contribution in [3.05, 3.63) is 50.5 Å². The summed E-state index contributed by atoms with van der Waals surface area (Å²) in [6, 6.07) is 9.13. The Bertz CT molecular complexity index is 608. The fraction of sp³-hybridized carbons (Fsp3) is 0.214. The molecule has 0 unspecified atom stereocenters. The number of ether oxygens (including phenoxy) is 1. The van der Waals surface area contributed by atoms with Gasteiger partial charge in [0.2, 0.25) is 0 Å². The Labute approximate surface area is 136 Å². The van der Waals surface area contributed by atoms with E-state index < -0.39 is 0 Å². The van der Waals surface area contributed by atoms with E-state index in [-0.39, 0.29) is 0 Å². The van der Waals surface area contributed by atoms with Crippen molar-refractivity contribution in [3.8, 4) is 5.75 Å². The topological polar surface area (TPSA) is 34.1 Å². The van der Waals surface area contributed by atoms with Crippen LogP contribution in [0.15, 0.2) is 34.8 Å². The zero-order valence-corrected chi connectivity index (χ0v) is 13.9. The molecule has 1 N–H and O–H groups in total. The average molecular weight is 376 g/mol. The largest absolute Gasteiger partial charge is 0.486 e. The first kappa shape index (κ1) is 15.4. The fourth-order valence-corrected chi connectivity index (χ4v) is 2.45. The lowest BCUT2D eigenvalue weighted by molar-refractivity contribution is 0.301. The molecule has 2 aromatic rings. The molecule has 1 aromatic carbocycles. The van der Waals surface area contributed by atoms with Crippen molar-refractivity contribution in [1.29, 1.82) is 0 Å². The number of anilines is 1. The van der Waals surface area contributed by atoms with E-state index in [1.165, 1.54) is 0 Å². The summed E-state index contributed by atoms with van der Waals surface area (Å²) in [5.41, 5.74) is 0.818. The molecular formula is C14H13BrCl2N2O. The normalized spacial score (nSPS) is 10.4. The molecule has 6 heteroatoms. The van der Waals surface area contributed by atoms with Gasteiger partial charge in [-0.2, -0.15) is 0 Å². The molecule has 0 fully saturated rings. The average Bonchev–Trinajstić information content (AvgIpc) is 2.42. The molecule has 0 saturated heterocycles. The Kier molecular flexibility index (Phi) is 5.52. The maximum Gasteiger partial charge on any atom is 0.140 e. The number of rotatable bonds is 5. The number of hydrogen-bond acceptors (Lipinski definition) is 3. The molecule has 0 saturated carbocycles. The van der Waals surface area contributed by atoms with Crippen LogP contribution in [0.1, 0.15) is 12.6 Å². The summed E-state index contributed by atoms with van der Waals surface area (Å²) in [5.74, 6) is 1.36. The molecule has 106 valence electrons. The highest BCUT2D eigenvalue weighted by atomic mass is 79.9. The molecule has 0 spiro atoms. The Morgan fingerprint density at radius 2 is 2.05 bits per heavy atom. The lowest BCUT2D eigenvalue weighted by Crippen LogP contribution is -2.03. The van der Waals surface area contributed by atoms with Crippen LogP contribution in [0.2, 0.25) is 10.0 Å². The smallest absolute Gasteiger partial charge is 0.140 e. The summed E-state index contributed by atoms with van der Waals surface area (Å²) < 4.78 is 6.40. The molecule has 0 amide bonds. The van der Waals surface area contributed by atoms with Crippen LogP contribution in [0.5, 0.6) is 5.75 Å². The summed E-state index contributed by atoms with van der Waals surface area (Å²) in [4.78, 5) is 4.43. The van der Waals surface area contributed by atoms with Crippen LogP contribution < -0.4 is 10.1 Å². The third-order valence-electron chi connectivity index (χ3n) is 2.52. The number of nitrogens with one attached hydrogen (secondary N) is 1. The molecule has 0 aliphatic carbocycles. The third kappa shape index (κ3) is 4.01. The van der Waals surface area contributed by atoms with Crippen LogP contribution in [0.25, 0.3) is 0 Å². The number of benzene rings is 1. The van der Waals surface area contributed by atoms with Crippen molar-refractivity contribution in [2.45, 2.75) is 13.5 Å². The van der Waals surface area contributed by atoms with E-state index in [1.54, 1.807) is 12.1 Å². The third-order valence-corrected chi connectivity index (χ3v) is 4.01. The molecule has 20 heavy (non-hydrogen) atoms. The van der Waals surface area contributed by atoms with E-state index in [9.17, 15) is 0 Å². The van der Waals surface area contributed by atoms with Crippen LogP contribution in [0.3, 0.4) is 0 Å². The maximum atomic E-state index is 6.10. The molecule has 0 atom stereocenters. The van der Waals surface area contributed by atoms with Gasteiger partial charge in [0.25, 0.3) is 0 Å². The summed E-state index contributed by atoms with van der Waals surface area (Å²) in [6.07, 6.45) is 0. The predicted molar refractivity (Wildman–Crippen MR) is 86.9 cm³/mol. The zero-order valence-electron chi connectivity index (χ0n) is 10.8. The van der Waals surface area contributed by atoms with Gasteiger partial charge in [-0.3, -0.25) is 0 Å². The van der Waals surface area contributed by atoms with E-state index >= 15 is 0 Å². The lowest BCUT2D eigenvalue weighted by Gasteiger charge is -2.10. The van der Waals surface area contributed by atoms with Crippen molar-refractivity contribution in [1.82, 2.24) is 4.98 Å². The van der Waals surface area contributed by atoms with Gasteiger partial charge in [-0.1, -0.05) is 29.3 Å². The Morgan fingerprint density at radius 3 is 2.80 bits per heavy atom. The van der Waals surface area contributed by atoms with Crippen LogP contribution in [0, 0.1) is 0 Å². The SMILES string of the molecule is CCNc1cccc(COc2cc(Cl)c(Br)cc2Cl)n1. The van der Waals surface area contributed by atoms with Crippen molar-refractivity contribution in [3.63, 3.8) is 0 Å². The minimum Gasteiger partial charge on any atom is -0.486 e. The highest BCUT2D eigenvalue weighted by molar-refractivity contribution is 9.10. The molecule has 1 heterocycles. The first-order chi connectivity index (χ1) is 9.60.